The molecule has 1 fully saturated rings. The molecule has 0 saturated carbocycles. The van der Waals surface area contributed by atoms with Crippen LogP contribution >= 0.6 is 11.6 Å². The van der Waals surface area contributed by atoms with Crippen molar-refractivity contribution in [3.63, 3.8) is 0 Å². The van der Waals surface area contributed by atoms with Gasteiger partial charge in [0.05, 0.1) is 10.9 Å². The Bertz CT molecular complexity index is 384. The largest absolute Gasteiger partial charge is 0.249 e. The number of alkyl halides is 1. The topological polar surface area (TPSA) is 20.3 Å². The van der Waals surface area contributed by atoms with Crippen molar-refractivity contribution >= 4 is 22.6 Å². The molecular formula is C11H13ClFNOS. The van der Waals surface area contributed by atoms with Crippen LogP contribution in [0.25, 0.3) is 0 Å². The lowest BCUT2D eigenvalue weighted by atomic mass is 10.2. The van der Waals surface area contributed by atoms with Crippen LogP contribution in [-0.4, -0.2) is 27.8 Å². The van der Waals surface area contributed by atoms with E-state index in [1.165, 1.54) is 0 Å². The molecular weight excluding hydrogens is 249 g/mol. The monoisotopic (exact) mass is 261 g/mol. The van der Waals surface area contributed by atoms with Gasteiger partial charge in [-0.05, 0) is 37.1 Å². The molecule has 0 spiro atoms. The predicted octanol–water partition coefficient (Wildman–Crippen LogP) is 2.80. The molecule has 16 heavy (non-hydrogen) atoms. The van der Waals surface area contributed by atoms with E-state index in [-0.39, 0.29) is 6.04 Å². The summed E-state index contributed by atoms with van der Waals surface area (Å²) in [5, 5.41) is 0.615. The van der Waals surface area contributed by atoms with Crippen LogP contribution < -0.4 is 0 Å². The zero-order valence-corrected chi connectivity index (χ0v) is 10.3. The molecule has 1 saturated heterocycles. The highest BCUT2D eigenvalue weighted by atomic mass is 35.5. The minimum absolute atomic E-state index is 0.198. The Morgan fingerprint density at radius 2 is 2.12 bits per heavy atom. The smallest absolute Gasteiger partial charge is 0.127 e. The van der Waals surface area contributed by atoms with Crippen molar-refractivity contribution in [1.82, 2.24) is 4.31 Å². The third kappa shape index (κ3) is 2.44. The van der Waals surface area contributed by atoms with Crippen LogP contribution in [0.4, 0.5) is 4.39 Å². The van der Waals surface area contributed by atoms with Crippen molar-refractivity contribution in [1.29, 1.82) is 0 Å². The van der Waals surface area contributed by atoms with E-state index in [1.54, 1.807) is 28.6 Å². The first kappa shape index (κ1) is 12.0. The number of halogens is 2. The first-order chi connectivity index (χ1) is 7.72. The molecule has 88 valence electrons. The summed E-state index contributed by atoms with van der Waals surface area (Å²) in [7, 11) is -1.26. The van der Waals surface area contributed by atoms with Crippen molar-refractivity contribution < 1.29 is 8.60 Å². The van der Waals surface area contributed by atoms with Crippen LogP contribution in [0.1, 0.15) is 12.8 Å². The van der Waals surface area contributed by atoms with Gasteiger partial charge >= 0.3 is 0 Å². The molecule has 2 unspecified atom stereocenters. The van der Waals surface area contributed by atoms with E-state index in [4.69, 9.17) is 11.6 Å². The average molecular weight is 262 g/mol. The van der Waals surface area contributed by atoms with Gasteiger partial charge in [0.15, 0.2) is 0 Å². The molecule has 0 radical (unpaired) electrons. The summed E-state index contributed by atoms with van der Waals surface area (Å²) < 4.78 is 26.6. The summed E-state index contributed by atoms with van der Waals surface area (Å²) in [6.45, 7) is 0.267. The normalized spacial score (nSPS) is 23.5. The van der Waals surface area contributed by atoms with E-state index in [2.05, 4.69) is 0 Å². The van der Waals surface area contributed by atoms with Gasteiger partial charge in [-0.2, -0.15) is 0 Å². The van der Waals surface area contributed by atoms with Crippen molar-refractivity contribution in [3.05, 3.63) is 29.3 Å². The van der Waals surface area contributed by atoms with Gasteiger partial charge in [0.2, 0.25) is 0 Å². The summed E-state index contributed by atoms with van der Waals surface area (Å²) in [6.07, 6.45) is 1.70. The maximum Gasteiger partial charge on any atom is 0.127 e. The fourth-order valence-corrected chi connectivity index (χ4v) is 3.36. The van der Waals surface area contributed by atoms with Crippen LogP contribution in [0.5, 0.6) is 0 Å². The molecule has 1 heterocycles. The van der Waals surface area contributed by atoms with E-state index in [0.29, 0.717) is 16.5 Å². The van der Waals surface area contributed by atoms with Crippen LogP contribution in [0.2, 0.25) is 5.02 Å². The molecule has 2 nitrogen and oxygen atoms in total. The first-order valence-corrected chi connectivity index (χ1v) is 6.71. The standard InChI is InChI=1S/C11H13ClFNOS/c12-9-3-5-11(6-4-9)16(15)14-7-1-2-10(14)8-13/h3-6,10H,1-2,7-8H2. The molecule has 1 aromatic carbocycles. The third-order valence-corrected chi connectivity index (χ3v) is 4.56. The number of nitrogens with zero attached hydrogens (tertiary/aromatic N) is 1. The molecule has 5 heteroatoms. The van der Waals surface area contributed by atoms with E-state index < -0.39 is 17.7 Å². The summed E-state index contributed by atoms with van der Waals surface area (Å²) in [6, 6.07) is 6.67. The number of benzene rings is 1. The predicted molar refractivity (Wildman–Crippen MR) is 63.6 cm³/mol. The highest BCUT2D eigenvalue weighted by molar-refractivity contribution is 7.82. The summed E-state index contributed by atoms with van der Waals surface area (Å²) in [4.78, 5) is 0.685. The first-order valence-electron chi connectivity index (χ1n) is 5.22. The SMILES string of the molecule is O=S(c1ccc(Cl)cc1)N1CCCC1CF. The Labute approximate surface area is 102 Å². The molecule has 1 aliphatic rings. The number of hydrogen-bond acceptors (Lipinski definition) is 1. The van der Waals surface area contributed by atoms with Gasteiger partial charge in [-0.25, -0.2) is 12.9 Å². The Morgan fingerprint density at radius 1 is 1.44 bits per heavy atom. The molecule has 0 aliphatic carbocycles. The second-order valence-electron chi connectivity index (χ2n) is 3.79. The Balaban J connectivity index is 2.15. The lowest BCUT2D eigenvalue weighted by Gasteiger charge is -2.20. The van der Waals surface area contributed by atoms with Crippen molar-refractivity contribution in [2.24, 2.45) is 0 Å². The van der Waals surface area contributed by atoms with Crippen LogP contribution in [0.3, 0.4) is 0 Å². The molecule has 2 rings (SSSR count). The van der Waals surface area contributed by atoms with Gasteiger partial charge in [0.25, 0.3) is 0 Å². The average Bonchev–Trinajstić information content (AvgIpc) is 2.77. The quantitative estimate of drug-likeness (QED) is 0.819. The lowest BCUT2D eigenvalue weighted by molar-refractivity contribution is 0.323. The molecule has 0 bridgehead atoms. The lowest BCUT2D eigenvalue weighted by Crippen LogP contribution is -2.32. The van der Waals surface area contributed by atoms with Crippen molar-refractivity contribution in [2.75, 3.05) is 13.2 Å². The Hall–Kier alpha value is -0.450. The van der Waals surface area contributed by atoms with Gasteiger partial charge < -0.3 is 0 Å². The van der Waals surface area contributed by atoms with E-state index in [9.17, 15) is 8.60 Å². The molecule has 0 aromatic heterocycles. The second kappa shape index (κ2) is 5.25. The Morgan fingerprint density at radius 3 is 2.75 bits per heavy atom. The van der Waals surface area contributed by atoms with Crippen LogP contribution in [0.15, 0.2) is 29.2 Å². The van der Waals surface area contributed by atoms with Gasteiger partial charge in [0.1, 0.15) is 17.7 Å². The molecule has 0 amide bonds. The minimum Gasteiger partial charge on any atom is -0.249 e. The maximum atomic E-state index is 12.7. The van der Waals surface area contributed by atoms with Crippen LogP contribution in [-0.2, 0) is 11.0 Å². The van der Waals surface area contributed by atoms with E-state index in [1.807, 2.05) is 0 Å². The van der Waals surface area contributed by atoms with Crippen molar-refractivity contribution in [2.45, 2.75) is 23.8 Å². The van der Waals surface area contributed by atoms with E-state index in [0.717, 1.165) is 12.8 Å². The third-order valence-electron chi connectivity index (χ3n) is 2.73. The maximum absolute atomic E-state index is 12.7. The summed E-state index contributed by atoms with van der Waals surface area (Å²) in [5.74, 6) is 0. The van der Waals surface area contributed by atoms with Crippen molar-refractivity contribution in [3.8, 4) is 0 Å². The highest BCUT2D eigenvalue weighted by Crippen LogP contribution is 2.24. The number of hydrogen-bond donors (Lipinski definition) is 0. The Kier molecular flexibility index (Phi) is 3.95. The highest BCUT2D eigenvalue weighted by Gasteiger charge is 2.29. The fraction of sp³-hybridized carbons (Fsp3) is 0.455. The van der Waals surface area contributed by atoms with Crippen LogP contribution in [0, 0.1) is 0 Å². The fourth-order valence-electron chi connectivity index (χ4n) is 1.87. The summed E-state index contributed by atoms with van der Waals surface area (Å²) >= 11 is 5.76. The second-order valence-corrected chi connectivity index (χ2v) is 5.67. The summed E-state index contributed by atoms with van der Waals surface area (Å²) in [5.41, 5.74) is 0. The van der Waals surface area contributed by atoms with Gasteiger partial charge in [-0.1, -0.05) is 11.6 Å². The minimum atomic E-state index is -1.26. The molecule has 1 aromatic rings. The van der Waals surface area contributed by atoms with E-state index >= 15 is 0 Å². The zero-order valence-electron chi connectivity index (χ0n) is 8.73. The van der Waals surface area contributed by atoms with Gasteiger partial charge in [-0.15, -0.1) is 0 Å². The zero-order chi connectivity index (χ0) is 11.5. The van der Waals surface area contributed by atoms with Gasteiger partial charge in [-0.3, -0.25) is 0 Å². The molecule has 1 aliphatic heterocycles. The number of rotatable bonds is 3. The molecule has 0 N–H and O–H groups in total. The van der Waals surface area contributed by atoms with Gasteiger partial charge in [0, 0.05) is 11.6 Å². The molecule has 2 atom stereocenters.